The van der Waals surface area contributed by atoms with Crippen molar-refractivity contribution in [3.8, 4) is 0 Å². The standard InChI is InChI=1S/C14H12N2OS/c1-8-3-5-10(6-4-8)11-9(2)18-14-12(11)13(17)15-7-16-14/h3-7,12H,1-2H3. The van der Waals surface area contributed by atoms with Crippen molar-refractivity contribution in [1.29, 1.82) is 0 Å². The van der Waals surface area contributed by atoms with E-state index < -0.39 is 0 Å². The Morgan fingerprint density at radius 2 is 1.89 bits per heavy atom. The summed E-state index contributed by atoms with van der Waals surface area (Å²) in [5.74, 6) is -0.400. The van der Waals surface area contributed by atoms with E-state index in [4.69, 9.17) is 0 Å². The molecule has 1 amide bonds. The lowest BCUT2D eigenvalue weighted by molar-refractivity contribution is -0.118. The molecule has 0 fully saturated rings. The summed E-state index contributed by atoms with van der Waals surface area (Å²) >= 11 is 1.58. The van der Waals surface area contributed by atoms with Crippen LogP contribution in [-0.2, 0) is 4.79 Å². The van der Waals surface area contributed by atoms with E-state index in [0.29, 0.717) is 0 Å². The number of fused-ring (bicyclic) bond motifs is 1. The van der Waals surface area contributed by atoms with Gasteiger partial charge in [0.2, 0.25) is 0 Å². The molecule has 0 radical (unpaired) electrons. The fourth-order valence-corrected chi connectivity index (χ4v) is 3.34. The lowest BCUT2D eigenvalue weighted by Gasteiger charge is -2.14. The topological polar surface area (TPSA) is 41.8 Å². The summed E-state index contributed by atoms with van der Waals surface area (Å²) in [5.41, 5.74) is 3.36. The molecular weight excluding hydrogens is 244 g/mol. The number of carbonyl (C=O) groups excluding carboxylic acids is 1. The molecule has 3 nitrogen and oxygen atoms in total. The van der Waals surface area contributed by atoms with Gasteiger partial charge in [-0.05, 0) is 29.9 Å². The molecule has 0 aromatic heterocycles. The molecule has 90 valence electrons. The highest BCUT2D eigenvalue weighted by molar-refractivity contribution is 8.18. The van der Waals surface area contributed by atoms with Crippen molar-refractivity contribution in [3.05, 3.63) is 40.3 Å². The summed E-state index contributed by atoms with van der Waals surface area (Å²) in [5, 5.41) is 0.850. The molecule has 3 rings (SSSR count). The Balaban J connectivity index is 2.08. The van der Waals surface area contributed by atoms with Crippen LogP contribution < -0.4 is 0 Å². The SMILES string of the molecule is CC1=C(c2ccc(C)cc2)C2C(=O)N=CN=C2S1. The monoisotopic (exact) mass is 256 g/mol. The fourth-order valence-electron chi connectivity index (χ4n) is 2.25. The molecule has 2 heterocycles. The third-order valence-corrected chi connectivity index (χ3v) is 4.23. The lowest BCUT2D eigenvalue weighted by atomic mass is 9.91. The zero-order valence-electron chi connectivity index (χ0n) is 10.2. The zero-order chi connectivity index (χ0) is 12.7. The molecule has 0 aliphatic carbocycles. The van der Waals surface area contributed by atoms with E-state index in [1.165, 1.54) is 11.9 Å². The number of benzene rings is 1. The Kier molecular flexibility index (Phi) is 2.67. The Labute approximate surface area is 110 Å². The molecule has 0 saturated heterocycles. The second kappa shape index (κ2) is 4.21. The molecule has 0 spiro atoms. The molecule has 2 aliphatic rings. The van der Waals surface area contributed by atoms with Gasteiger partial charge in [-0.1, -0.05) is 41.6 Å². The largest absolute Gasteiger partial charge is 0.271 e. The van der Waals surface area contributed by atoms with E-state index >= 15 is 0 Å². The predicted molar refractivity (Wildman–Crippen MR) is 75.8 cm³/mol. The van der Waals surface area contributed by atoms with Gasteiger partial charge >= 0.3 is 0 Å². The van der Waals surface area contributed by atoms with Gasteiger partial charge in [-0.2, -0.15) is 0 Å². The van der Waals surface area contributed by atoms with E-state index in [2.05, 4.69) is 41.2 Å². The van der Waals surface area contributed by atoms with Crippen LogP contribution in [0.1, 0.15) is 18.1 Å². The van der Waals surface area contributed by atoms with Crippen molar-refractivity contribution >= 4 is 34.6 Å². The molecule has 0 saturated carbocycles. The highest BCUT2D eigenvalue weighted by atomic mass is 32.2. The van der Waals surface area contributed by atoms with Gasteiger partial charge in [0.15, 0.2) is 0 Å². The van der Waals surface area contributed by atoms with Gasteiger partial charge in [-0.25, -0.2) is 9.98 Å². The van der Waals surface area contributed by atoms with Gasteiger partial charge in [-0.3, -0.25) is 4.79 Å². The number of hydrogen-bond acceptors (Lipinski definition) is 3. The molecule has 2 aliphatic heterocycles. The predicted octanol–water partition coefficient (Wildman–Crippen LogP) is 3.06. The quantitative estimate of drug-likeness (QED) is 0.775. The number of hydrogen-bond donors (Lipinski definition) is 0. The molecule has 18 heavy (non-hydrogen) atoms. The average molecular weight is 256 g/mol. The van der Waals surface area contributed by atoms with Crippen molar-refractivity contribution in [2.75, 3.05) is 0 Å². The fraction of sp³-hybridized carbons (Fsp3) is 0.214. The molecule has 1 aromatic rings. The summed E-state index contributed by atoms with van der Waals surface area (Å²) in [6, 6.07) is 8.24. The third-order valence-electron chi connectivity index (χ3n) is 3.15. The summed E-state index contributed by atoms with van der Waals surface area (Å²) in [7, 11) is 0. The van der Waals surface area contributed by atoms with Crippen molar-refractivity contribution in [1.82, 2.24) is 0 Å². The van der Waals surface area contributed by atoms with E-state index in [0.717, 1.165) is 21.1 Å². The first-order valence-corrected chi connectivity index (χ1v) is 6.58. The van der Waals surface area contributed by atoms with Crippen LogP contribution in [0.5, 0.6) is 0 Å². The van der Waals surface area contributed by atoms with Crippen LogP contribution in [0.15, 0.2) is 39.2 Å². The van der Waals surface area contributed by atoms with Gasteiger partial charge in [0, 0.05) is 0 Å². The molecular formula is C14H12N2OS. The summed E-state index contributed by atoms with van der Waals surface area (Å²) in [6.07, 6.45) is 1.35. The number of rotatable bonds is 1. The second-order valence-corrected chi connectivity index (χ2v) is 5.66. The van der Waals surface area contributed by atoms with Crippen LogP contribution in [-0.4, -0.2) is 17.3 Å². The maximum Gasteiger partial charge on any atom is 0.261 e. The number of amides is 1. The lowest BCUT2D eigenvalue weighted by Crippen LogP contribution is -2.21. The van der Waals surface area contributed by atoms with Crippen molar-refractivity contribution in [2.24, 2.45) is 15.9 Å². The maximum absolute atomic E-state index is 11.9. The van der Waals surface area contributed by atoms with Gasteiger partial charge in [0.1, 0.15) is 12.3 Å². The number of carbonyl (C=O) groups is 1. The Morgan fingerprint density at radius 3 is 2.61 bits per heavy atom. The number of aliphatic imine (C=N–C) groups is 2. The highest BCUT2D eigenvalue weighted by Crippen LogP contribution is 2.44. The average Bonchev–Trinajstić information content (AvgIpc) is 2.68. The third kappa shape index (κ3) is 1.73. The van der Waals surface area contributed by atoms with E-state index in [-0.39, 0.29) is 11.8 Å². The van der Waals surface area contributed by atoms with E-state index in [9.17, 15) is 4.79 Å². The van der Waals surface area contributed by atoms with E-state index in [1.807, 2.05) is 6.92 Å². The Morgan fingerprint density at radius 1 is 1.17 bits per heavy atom. The molecule has 1 unspecified atom stereocenters. The summed E-state index contributed by atoms with van der Waals surface area (Å²) in [6.45, 7) is 4.09. The van der Waals surface area contributed by atoms with Gasteiger partial charge in [0.05, 0.1) is 5.04 Å². The van der Waals surface area contributed by atoms with Crippen molar-refractivity contribution < 1.29 is 4.79 Å². The van der Waals surface area contributed by atoms with Gasteiger partial charge < -0.3 is 0 Å². The van der Waals surface area contributed by atoms with Crippen molar-refractivity contribution in [3.63, 3.8) is 0 Å². The smallest absolute Gasteiger partial charge is 0.261 e. The van der Waals surface area contributed by atoms with Crippen LogP contribution >= 0.6 is 11.8 Å². The van der Waals surface area contributed by atoms with Crippen LogP contribution in [0.4, 0.5) is 0 Å². The second-order valence-electron chi connectivity index (χ2n) is 4.42. The minimum atomic E-state index is -0.289. The Bertz CT molecular complexity index is 611. The molecule has 1 aromatic carbocycles. The number of allylic oxidation sites excluding steroid dienone is 1. The van der Waals surface area contributed by atoms with Gasteiger partial charge in [-0.15, -0.1) is 0 Å². The number of thioether (sulfide) groups is 1. The van der Waals surface area contributed by atoms with Crippen LogP contribution in [0.25, 0.3) is 5.57 Å². The molecule has 0 bridgehead atoms. The maximum atomic E-state index is 11.9. The first-order chi connectivity index (χ1) is 8.66. The normalized spacial score (nSPS) is 22.2. The number of nitrogens with zero attached hydrogens (tertiary/aromatic N) is 2. The molecule has 1 atom stereocenters. The first-order valence-electron chi connectivity index (χ1n) is 5.76. The Hall–Kier alpha value is -1.68. The van der Waals surface area contributed by atoms with Gasteiger partial charge in [0.25, 0.3) is 5.91 Å². The first kappa shape index (κ1) is 11.4. The minimum Gasteiger partial charge on any atom is -0.271 e. The van der Waals surface area contributed by atoms with E-state index in [1.54, 1.807) is 11.8 Å². The molecule has 0 N–H and O–H groups in total. The van der Waals surface area contributed by atoms with Crippen molar-refractivity contribution in [2.45, 2.75) is 13.8 Å². The molecule has 4 heteroatoms. The van der Waals surface area contributed by atoms with Crippen LogP contribution in [0, 0.1) is 12.8 Å². The van der Waals surface area contributed by atoms with Crippen LogP contribution in [0.2, 0.25) is 0 Å². The highest BCUT2D eigenvalue weighted by Gasteiger charge is 2.37. The minimum absolute atomic E-state index is 0.111. The zero-order valence-corrected chi connectivity index (χ0v) is 11.0. The number of aryl methyl sites for hydroxylation is 1. The summed E-state index contributed by atoms with van der Waals surface area (Å²) < 4.78 is 0. The summed E-state index contributed by atoms with van der Waals surface area (Å²) in [4.78, 5) is 21.1. The van der Waals surface area contributed by atoms with Crippen LogP contribution in [0.3, 0.4) is 0 Å².